The average molecular weight is 429 g/mol. The van der Waals surface area contributed by atoms with Gasteiger partial charge in [-0.15, -0.1) is 22.7 Å². The van der Waals surface area contributed by atoms with E-state index in [0.29, 0.717) is 19.0 Å². The number of thiophene rings is 1. The summed E-state index contributed by atoms with van der Waals surface area (Å²) in [6, 6.07) is 0.370. The normalized spacial score (nSPS) is 13.5. The van der Waals surface area contributed by atoms with Crippen molar-refractivity contribution in [3.63, 3.8) is 0 Å². The second kappa shape index (κ2) is 9.08. The smallest absolute Gasteiger partial charge is 0.226 e. The lowest BCUT2D eigenvalue weighted by molar-refractivity contribution is -0.116. The molecule has 3 aromatic rings. The van der Waals surface area contributed by atoms with Gasteiger partial charge in [-0.2, -0.15) is 0 Å². The van der Waals surface area contributed by atoms with Gasteiger partial charge in [-0.25, -0.2) is 15.0 Å². The minimum absolute atomic E-state index is 0.0270. The van der Waals surface area contributed by atoms with Gasteiger partial charge in [-0.05, 0) is 18.5 Å². The van der Waals surface area contributed by atoms with Crippen LogP contribution in [0.2, 0.25) is 0 Å². The van der Waals surface area contributed by atoms with Crippen LogP contribution < -0.4 is 16.0 Å². The van der Waals surface area contributed by atoms with Crippen LogP contribution in [0.3, 0.4) is 0 Å². The fourth-order valence-electron chi connectivity index (χ4n) is 3.27. The van der Waals surface area contributed by atoms with E-state index in [0.717, 1.165) is 46.3 Å². The van der Waals surface area contributed by atoms with E-state index >= 15 is 0 Å². The molecular formula is C20H24N6OS2. The van der Waals surface area contributed by atoms with Crippen molar-refractivity contribution in [2.75, 3.05) is 18.4 Å². The van der Waals surface area contributed by atoms with E-state index in [1.165, 1.54) is 16.8 Å². The fourth-order valence-corrected chi connectivity index (χ4v) is 5.47. The highest BCUT2D eigenvalue weighted by atomic mass is 32.1. The number of anilines is 1. The molecule has 4 rings (SSSR count). The maximum absolute atomic E-state index is 12.5. The molecule has 1 amide bonds. The highest BCUT2D eigenvalue weighted by Crippen LogP contribution is 2.44. The van der Waals surface area contributed by atoms with Gasteiger partial charge in [0.1, 0.15) is 16.3 Å². The van der Waals surface area contributed by atoms with Crippen LogP contribution in [-0.4, -0.2) is 40.0 Å². The van der Waals surface area contributed by atoms with Gasteiger partial charge in [0.05, 0.1) is 5.69 Å². The number of nitrogens with zero attached hydrogens (tertiary/aromatic N) is 3. The number of aromatic nitrogens is 3. The molecule has 29 heavy (non-hydrogen) atoms. The van der Waals surface area contributed by atoms with Crippen LogP contribution in [-0.2, 0) is 17.8 Å². The van der Waals surface area contributed by atoms with Crippen LogP contribution in [0.1, 0.15) is 30.7 Å². The molecule has 0 atom stereocenters. The number of nitrogens with one attached hydrogen (secondary N) is 3. The van der Waals surface area contributed by atoms with Crippen molar-refractivity contribution >= 4 is 33.6 Å². The predicted octanol–water partition coefficient (Wildman–Crippen LogP) is 3.30. The van der Waals surface area contributed by atoms with Crippen molar-refractivity contribution < 1.29 is 4.79 Å². The molecule has 152 valence electrons. The van der Waals surface area contributed by atoms with Crippen LogP contribution in [0.5, 0.6) is 0 Å². The lowest BCUT2D eigenvalue weighted by atomic mass is 10.0. The highest BCUT2D eigenvalue weighted by Gasteiger charge is 2.25. The molecule has 0 bridgehead atoms. The molecular weight excluding hydrogens is 404 g/mol. The van der Waals surface area contributed by atoms with E-state index < -0.39 is 0 Å². The largest absolute Gasteiger partial charge is 0.317 e. The van der Waals surface area contributed by atoms with Gasteiger partial charge in [-0.1, -0.05) is 13.8 Å². The van der Waals surface area contributed by atoms with Crippen LogP contribution >= 0.6 is 22.7 Å². The lowest BCUT2D eigenvalue weighted by Crippen LogP contribution is -2.27. The first kappa shape index (κ1) is 20.1. The Bertz CT molecular complexity index is 982. The second-order valence-electron chi connectivity index (χ2n) is 7.21. The summed E-state index contributed by atoms with van der Waals surface area (Å²) in [6.07, 6.45) is 6.44. The van der Waals surface area contributed by atoms with Crippen LogP contribution in [0.25, 0.3) is 21.8 Å². The van der Waals surface area contributed by atoms with Gasteiger partial charge in [0, 0.05) is 59.3 Å². The monoisotopic (exact) mass is 428 g/mol. The SMILES string of the molecule is CC(C)NCCC(=O)Nc1sc2c(c1-c1nc(-c3cncnc3)cs1)CCNC2. The Hall–Kier alpha value is -2.20. The molecule has 0 aromatic carbocycles. The summed E-state index contributed by atoms with van der Waals surface area (Å²) in [5, 5.41) is 13.7. The molecule has 4 heterocycles. The van der Waals surface area contributed by atoms with Gasteiger partial charge in [0.2, 0.25) is 5.91 Å². The van der Waals surface area contributed by atoms with Crippen LogP contribution in [0.4, 0.5) is 5.00 Å². The number of amides is 1. The molecule has 3 aromatic heterocycles. The van der Waals surface area contributed by atoms with Crippen LogP contribution in [0, 0.1) is 0 Å². The van der Waals surface area contributed by atoms with E-state index in [4.69, 9.17) is 4.98 Å². The first-order valence-electron chi connectivity index (χ1n) is 9.71. The van der Waals surface area contributed by atoms with Crippen LogP contribution in [0.15, 0.2) is 24.1 Å². The first-order valence-corrected chi connectivity index (χ1v) is 11.4. The standard InChI is InChI=1S/C20H24N6OS2/c1-12(2)24-6-4-17(27)26-20-18(14-3-5-21-9-16(14)29-20)19-25-15(10-28-19)13-7-22-11-23-8-13/h7-8,10-12,21,24H,3-6,9H2,1-2H3,(H,26,27). The zero-order valence-electron chi connectivity index (χ0n) is 16.5. The number of carbonyl (C=O) groups is 1. The average Bonchev–Trinajstić information content (AvgIpc) is 3.32. The Morgan fingerprint density at radius 1 is 1.31 bits per heavy atom. The summed E-state index contributed by atoms with van der Waals surface area (Å²) >= 11 is 3.25. The summed E-state index contributed by atoms with van der Waals surface area (Å²) < 4.78 is 0. The Morgan fingerprint density at radius 3 is 2.93 bits per heavy atom. The van der Waals surface area contributed by atoms with Crippen molar-refractivity contribution in [3.05, 3.63) is 34.5 Å². The third kappa shape index (κ3) is 4.69. The summed E-state index contributed by atoms with van der Waals surface area (Å²) in [4.78, 5) is 26.8. The van der Waals surface area contributed by atoms with Gasteiger partial charge in [-0.3, -0.25) is 4.79 Å². The molecule has 1 aliphatic rings. The van der Waals surface area contributed by atoms with Gasteiger partial charge >= 0.3 is 0 Å². The molecule has 0 radical (unpaired) electrons. The van der Waals surface area contributed by atoms with Crippen molar-refractivity contribution in [1.29, 1.82) is 0 Å². The van der Waals surface area contributed by atoms with E-state index in [-0.39, 0.29) is 5.91 Å². The summed E-state index contributed by atoms with van der Waals surface area (Å²) in [5.41, 5.74) is 4.13. The van der Waals surface area contributed by atoms with E-state index in [1.807, 2.05) is 5.38 Å². The summed E-state index contributed by atoms with van der Waals surface area (Å²) in [7, 11) is 0. The number of fused-ring (bicyclic) bond motifs is 1. The zero-order chi connectivity index (χ0) is 20.2. The molecule has 0 saturated carbocycles. The molecule has 0 spiro atoms. The Labute approximate surface area is 178 Å². The Balaban J connectivity index is 1.61. The van der Waals surface area contributed by atoms with Gasteiger partial charge in [0.25, 0.3) is 0 Å². The molecule has 9 heteroatoms. The summed E-state index contributed by atoms with van der Waals surface area (Å²) in [5.74, 6) is 0.0270. The Morgan fingerprint density at radius 2 is 2.14 bits per heavy atom. The van der Waals surface area contributed by atoms with Crippen molar-refractivity contribution in [2.24, 2.45) is 0 Å². The maximum Gasteiger partial charge on any atom is 0.226 e. The number of hydrogen-bond acceptors (Lipinski definition) is 8. The van der Waals surface area contributed by atoms with Gasteiger partial charge < -0.3 is 16.0 Å². The second-order valence-corrected chi connectivity index (χ2v) is 9.17. The third-order valence-electron chi connectivity index (χ3n) is 4.66. The zero-order valence-corrected chi connectivity index (χ0v) is 18.1. The molecule has 7 nitrogen and oxygen atoms in total. The molecule has 0 unspecified atom stereocenters. The highest BCUT2D eigenvalue weighted by molar-refractivity contribution is 7.18. The molecule has 0 saturated heterocycles. The van der Waals surface area contributed by atoms with Crippen molar-refractivity contribution in [3.8, 4) is 21.8 Å². The molecule has 3 N–H and O–H groups in total. The number of thiazole rings is 1. The third-order valence-corrected chi connectivity index (χ3v) is 6.67. The van der Waals surface area contributed by atoms with E-state index in [9.17, 15) is 4.79 Å². The number of rotatable bonds is 7. The number of hydrogen-bond donors (Lipinski definition) is 3. The molecule has 1 aliphatic heterocycles. The van der Waals surface area contributed by atoms with Crippen molar-refractivity contribution in [2.45, 2.75) is 39.3 Å². The minimum atomic E-state index is 0.0270. The van der Waals surface area contributed by atoms with Crippen molar-refractivity contribution in [1.82, 2.24) is 25.6 Å². The quantitative estimate of drug-likeness (QED) is 0.535. The fraction of sp³-hybridized carbons (Fsp3) is 0.400. The lowest BCUT2D eigenvalue weighted by Gasteiger charge is -2.13. The Kier molecular flexibility index (Phi) is 6.29. The molecule has 0 aliphatic carbocycles. The van der Waals surface area contributed by atoms with Gasteiger partial charge in [0.15, 0.2) is 0 Å². The van der Waals surface area contributed by atoms with E-state index in [1.54, 1.807) is 35.1 Å². The topological polar surface area (TPSA) is 91.8 Å². The number of carbonyl (C=O) groups excluding carboxylic acids is 1. The first-order chi connectivity index (χ1) is 14.1. The maximum atomic E-state index is 12.5. The minimum Gasteiger partial charge on any atom is -0.317 e. The summed E-state index contributed by atoms with van der Waals surface area (Å²) in [6.45, 7) is 6.60. The van der Waals surface area contributed by atoms with E-state index in [2.05, 4.69) is 39.8 Å². The predicted molar refractivity (Wildman–Crippen MR) is 118 cm³/mol. The molecule has 0 fully saturated rings.